The fourth-order valence-electron chi connectivity index (χ4n) is 5.49. The molecule has 0 aromatic heterocycles. The number of piperidine rings is 1. The summed E-state index contributed by atoms with van der Waals surface area (Å²) in [7, 11) is 0. The average molecular weight is 487 g/mol. The molecule has 8 heteroatoms. The molecule has 2 aromatic rings. The van der Waals surface area contributed by atoms with E-state index in [-0.39, 0.29) is 24.8 Å². The molecule has 1 saturated carbocycles. The Morgan fingerprint density at radius 2 is 1.91 bits per heavy atom. The standard InChI is InChI=1S/C27H33F2N3O3/c1-16(2)18-5-4-6-20(9-18)26(7-8-30-25(35)14-26)31-15-24(34)27(32-17(3)33)13-23(27)19-10-21(28)12-22(29)11-19/h4-6,9-12,16,23-24,31,34H,7-8,13-15H2,1-3H3,(H,30,35)(H,32,33)/p+1/t23-,24+,26?,27?/m0/s1. The Hall–Kier alpha value is -2.68. The number of primary amides is 1. The van der Waals surface area contributed by atoms with Gasteiger partial charge in [0.25, 0.3) is 0 Å². The summed E-state index contributed by atoms with van der Waals surface area (Å²) in [6.45, 7) is 6.31. The topological polar surface area (TPSA) is 95.0 Å². The zero-order valence-corrected chi connectivity index (χ0v) is 20.4. The van der Waals surface area contributed by atoms with Crippen molar-refractivity contribution in [3.05, 3.63) is 70.8 Å². The van der Waals surface area contributed by atoms with Crippen molar-refractivity contribution in [2.45, 2.75) is 69.1 Å². The van der Waals surface area contributed by atoms with Gasteiger partial charge in [-0.25, -0.2) is 13.6 Å². The molecule has 0 radical (unpaired) electrons. The highest BCUT2D eigenvalue weighted by Gasteiger charge is 2.60. The maximum Gasteiger partial charge on any atom is 0.312 e. The summed E-state index contributed by atoms with van der Waals surface area (Å²) in [6.07, 6.45) is 0.292. The van der Waals surface area contributed by atoms with Gasteiger partial charge in [-0.2, -0.15) is 0 Å². The fraction of sp³-hybridized carbons (Fsp3) is 0.481. The molecule has 2 fully saturated rings. The second-order valence-corrected chi connectivity index (χ2v) is 10.3. The van der Waals surface area contributed by atoms with E-state index in [1.165, 1.54) is 19.1 Å². The van der Waals surface area contributed by atoms with Crippen LogP contribution in [-0.2, 0) is 15.1 Å². The lowest BCUT2D eigenvalue weighted by molar-refractivity contribution is -0.578. The van der Waals surface area contributed by atoms with E-state index in [1.54, 1.807) is 5.32 Å². The van der Waals surface area contributed by atoms with Crippen LogP contribution in [0.1, 0.15) is 68.6 Å². The van der Waals surface area contributed by atoms with Crippen LogP contribution in [0.2, 0.25) is 0 Å². The lowest BCUT2D eigenvalue weighted by Crippen LogP contribution is -2.91. The maximum absolute atomic E-state index is 13.8. The third-order valence-electron chi connectivity index (χ3n) is 7.45. The number of halogens is 2. The van der Waals surface area contributed by atoms with Crippen LogP contribution in [0.5, 0.6) is 0 Å². The van der Waals surface area contributed by atoms with E-state index in [0.29, 0.717) is 30.9 Å². The number of carbonyl (C=O) groups is 2. The minimum absolute atomic E-state index is 0.0456. The molecule has 1 aliphatic carbocycles. The summed E-state index contributed by atoms with van der Waals surface area (Å²) in [4.78, 5) is 24.5. The number of nitrogens with one attached hydrogen (secondary N) is 2. The summed E-state index contributed by atoms with van der Waals surface area (Å²) >= 11 is 0. The van der Waals surface area contributed by atoms with Crippen molar-refractivity contribution in [3.8, 4) is 0 Å². The second kappa shape index (κ2) is 9.76. The summed E-state index contributed by atoms with van der Waals surface area (Å²) in [5, 5.41) is 19.3. The number of aliphatic hydroxyl groups is 1. The third kappa shape index (κ3) is 5.29. The Morgan fingerprint density at radius 1 is 1.20 bits per heavy atom. The Bertz CT molecular complexity index is 1100. The van der Waals surface area contributed by atoms with E-state index in [1.807, 2.05) is 12.1 Å². The molecule has 4 atom stereocenters. The van der Waals surface area contributed by atoms with Crippen LogP contribution in [0.3, 0.4) is 0 Å². The molecule has 0 bridgehead atoms. The molecule has 0 spiro atoms. The first-order valence-electron chi connectivity index (χ1n) is 12.2. The van der Waals surface area contributed by atoms with Gasteiger partial charge in [0.1, 0.15) is 11.6 Å². The van der Waals surface area contributed by atoms with Crippen molar-refractivity contribution in [2.24, 2.45) is 0 Å². The van der Waals surface area contributed by atoms with Gasteiger partial charge in [-0.1, -0.05) is 38.1 Å². The average Bonchev–Trinajstić information content (AvgIpc) is 3.51. The van der Waals surface area contributed by atoms with E-state index >= 15 is 0 Å². The van der Waals surface area contributed by atoms with Crippen LogP contribution >= 0.6 is 0 Å². The van der Waals surface area contributed by atoms with Gasteiger partial charge >= 0.3 is 5.91 Å². The van der Waals surface area contributed by atoms with Crippen molar-refractivity contribution in [3.63, 3.8) is 0 Å². The number of quaternary nitrogens is 1. The molecule has 2 aromatic carbocycles. The molecule has 35 heavy (non-hydrogen) atoms. The molecule has 4 rings (SSSR count). The van der Waals surface area contributed by atoms with Gasteiger partial charge < -0.3 is 15.7 Å². The quantitative estimate of drug-likeness (QED) is 0.460. The van der Waals surface area contributed by atoms with E-state index < -0.39 is 34.7 Å². The molecule has 2 unspecified atom stereocenters. The molecular formula is C27H34F2N3O3+. The van der Waals surface area contributed by atoms with Gasteiger partial charge in [0.2, 0.25) is 5.91 Å². The fourth-order valence-corrected chi connectivity index (χ4v) is 5.49. The molecule has 1 heterocycles. The Kier molecular flexibility index (Phi) is 7.09. The smallest absolute Gasteiger partial charge is 0.312 e. The number of hydrogen-bond donors (Lipinski definition) is 4. The molecule has 2 aliphatic rings. The monoisotopic (exact) mass is 486 g/mol. The number of carbonyl (C=O) groups excluding carboxylic acids is 2. The number of amides is 2. The second-order valence-electron chi connectivity index (χ2n) is 10.3. The van der Waals surface area contributed by atoms with E-state index in [2.05, 4.69) is 36.6 Å². The Balaban J connectivity index is 1.59. The normalized spacial score (nSPS) is 27.1. The van der Waals surface area contributed by atoms with Crippen molar-refractivity contribution in [1.82, 2.24) is 10.6 Å². The number of nitrogens with two attached hydrogens (primary N) is 1. The van der Waals surface area contributed by atoms with Crippen molar-refractivity contribution < 1.29 is 28.8 Å². The minimum atomic E-state index is -1.04. The molecule has 1 saturated heterocycles. The zero-order valence-electron chi connectivity index (χ0n) is 20.4. The first kappa shape index (κ1) is 25.4. The van der Waals surface area contributed by atoms with Crippen LogP contribution in [0.25, 0.3) is 0 Å². The van der Waals surface area contributed by atoms with Crippen molar-refractivity contribution in [1.29, 1.82) is 0 Å². The third-order valence-corrected chi connectivity index (χ3v) is 7.45. The molecule has 5 N–H and O–H groups in total. The summed E-state index contributed by atoms with van der Waals surface area (Å²) in [6, 6.07) is 11.5. The van der Waals surface area contributed by atoms with E-state index in [0.717, 1.165) is 17.2 Å². The van der Waals surface area contributed by atoms with Crippen LogP contribution in [0, 0.1) is 11.6 Å². The van der Waals surface area contributed by atoms with Gasteiger partial charge in [-0.3, -0.25) is 10.1 Å². The van der Waals surface area contributed by atoms with Gasteiger partial charge in [0.05, 0.1) is 30.1 Å². The van der Waals surface area contributed by atoms with E-state index in [9.17, 15) is 23.5 Å². The number of aliphatic hydroxyl groups excluding tert-OH is 1. The first-order valence-corrected chi connectivity index (χ1v) is 12.2. The highest BCUT2D eigenvalue weighted by atomic mass is 19.1. The summed E-state index contributed by atoms with van der Waals surface area (Å²) in [5.74, 6) is -1.77. The van der Waals surface area contributed by atoms with Gasteiger partial charge in [0.15, 0.2) is 0 Å². The van der Waals surface area contributed by atoms with Crippen LogP contribution in [0.4, 0.5) is 8.78 Å². The van der Waals surface area contributed by atoms with Crippen molar-refractivity contribution in [2.75, 3.05) is 13.1 Å². The highest BCUT2D eigenvalue weighted by molar-refractivity contribution is 5.75. The zero-order chi connectivity index (χ0) is 25.4. The number of rotatable bonds is 8. The molecule has 6 nitrogen and oxygen atoms in total. The van der Waals surface area contributed by atoms with Crippen LogP contribution in [-0.4, -0.2) is 41.7 Å². The lowest BCUT2D eigenvalue weighted by atomic mass is 9.79. The Morgan fingerprint density at radius 3 is 2.54 bits per heavy atom. The highest BCUT2D eigenvalue weighted by Crippen LogP contribution is 2.54. The number of benzene rings is 2. The Labute approximate surface area is 204 Å². The first-order chi connectivity index (χ1) is 16.5. The lowest BCUT2D eigenvalue weighted by Gasteiger charge is -2.38. The SMILES string of the molecule is CC(=O)NC1([C@H](O)CNC2(c3cccc(C(C)C)c3)CC[NH2+]C(=O)C2)C[C@H]1c1cc(F)cc(F)c1. The van der Waals surface area contributed by atoms with Gasteiger partial charge in [0, 0.05) is 31.9 Å². The predicted octanol–water partition coefficient (Wildman–Crippen LogP) is 2.18. The predicted molar refractivity (Wildman–Crippen MR) is 128 cm³/mol. The van der Waals surface area contributed by atoms with Crippen LogP contribution in [0.15, 0.2) is 42.5 Å². The molecule has 188 valence electrons. The maximum atomic E-state index is 13.8. The largest absolute Gasteiger partial charge is 0.389 e. The van der Waals surface area contributed by atoms with Crippen molar-refractivity contribution >= 4 is 11.8 Å². The van der Waals surface area contributed by atoms with Gasteiger partial charge in [-0.05, 0) is 41.2 Å². The van der Waals surface area contributed by atoms with Crippen LogP contribution < -0.4 is 16.0 Å². The minimum Gasteiger partial charge on any atom is -0.389 e. The molecular weight excluding hydrogens is 452 g/mol. The molecule has 2 amide bonds. The summed E-state index contributed by atoms with van der Waals surface area (Å²) < 4.78 is 27.7. The summed E-state index contributed by atoms with van der Waals surface area (Å²) in [5.41, 5.74) is 0.869. The number of hydrogen-bond acceptors (Lipinski definition) is 4. The molecule has 1 aliphatic heterocycles. The van der Waals surface area contributed by atoms with E-state index in [4.69, 9.17) is 0 Å². The van der Waals surface area contributed by atoms with Gasteiger partial charge in [-0.15, -0.1) is 0 Å².